The van der Waals surface area contributed by atoms with Crippen molar-refractivity contribution in [3.05, 3.63) is 30.1 Å². The molecule has 0 saturated carbocycles. The number of benzene rings is 1. The van der Waals surface area contributed by atoms with Gasteiger partial charge in [-0.1, -0.05) is 0 Å². The average molecular weight is 309 g/mol. The number of amides is 1. The number of hydrogen-bond donors (Lipinski definition) is 0. The highest BCUT2D eigenvalue weighted by molar-refractivity contribution is 5.68. The van der Waals surface area contributed by atoms with Gasteiger partial charge in [0, 0.05) is 33.2 Å². The summed E-state index contributed by atoms with van der Waals surface area (Å²) in [7, 11) is 1.94. The van der Waals surface area contributed by atoms with Crippen LogP contribution < -0.4 is 5.01 Å². The smallest absolute Gasteiger partial charge is 0.410 e. The summed E-state index contributed by atoms with van der Waals surface area (Å²) in [5.74, 6) is -0.244. The Kier molecular flexibility index (Phi) is 4.90. The maximum absolute atomic E-state index is 13.0. The molecule has 1 aromatic carbocycles. The predicted octanol–water partition coefficient (Wildman–Crippen LogP) is 2.73. The van der Waals surface area contributed by atoms with Gasteiger partial charge in [-0.3, -0.25) is 0 Å². The van der Waals surface area contributed by atoms with Gasteiger partial charge in [-0.2, -0.15) is 0 Å². The second-order valence-corrected chi connectivity index (χ2v) is 6.42. The first-order chi connectivity index (χ1) is 10.3. The molecule has 1 aromatic rings. The summed E-state index contributed by atoms with van der Waals surface area (Å²) in [6.07, 6.45) is -0.267. The van der Waals surface area contributed by atoms with E-state index in [1.807, 2.05) is 32.8 Å². The first-order valence-electron chi connectivity index (χ1n) is 7.48. The molecule has 0 radical (unpaired) electrons. The highest BCUT2D eigenvalue weighted by Crippen LogP contribution is 2.18. The first-order valence-corrected chi connectivity index (χ1v) is 7.48. The molecule has 1 amide bonds. The summed E-state index contributed by atoms with van der Waals surface area (Å²) in [6, 6.07) is 6.39. The van der Waals surface area contributed by atoms with Gasteiger partial charge < -0.3 is 14.6 Å². The summed E-state index contributed by atoms with van der Waals surface area (Å²) < 4.78 is 18.4. The van der Waals surface area contributed by atoms with Gasteiger partial charge in [0.25, 0.3) is 0 Å². The van der Waals surface area contributed by atoms with Crippen molar-refractivity contribution in [3.8, 4) is 0 Å². The highest BCUT2D eigenvalue weighted by Gasteiger charge is 2.27. The largest absolute Gasteiger partial charge is 0.444 e. The third-order valence-electron chi connectivity index (χ3n) is 3.53. The Morgan fingerprint density at radius 3 is 2.18 bits per heavy atom. The molecular formula is C16H24FN3O2. The monoisotopic (exact) mass is 309 g/mol. The number of hydrogen-bond acceptors (Lipinski definition) is 4. The van der Waals surface area contributed by atoms with Crippen molar-refractivity contribution >= 4 is 11.8 Å². The van der Waals surface area contributed by atoms with E-state index in [0.29, 0.717) is 26.2 Å². The number of nitrogens with zero attached hydrogens (tertiary/aromatic N) is 3. The standard InChI is InChI=1S/C16H24FN3O2/c1-16(2,3)22-15(21)19-9-11-20(12-10-19)18(4)14-7-5-13(17)6-8-14/h5-8H,9-12H2,1-4H3. The lowest BCUT2D eigenvalue weighted by Crippen LogP contribution is -2.54. The Hall–Kier alpha value is -1.82. The molecule has 0 N–H and O–H groups in total. The van der Waals surface area contributed by atoms with E-state index in [9.17, 15) is 9.18 Å². The van der Waals surface area contributed by atoms with Crippen molar-refractivity contribution in [2.75, 3.05) is 38.2 Å². The van der Waals surface area contributed by atoms with Gasteiger partial charge in [0.15, 0.2) is 0 Å². The van der Waals surface area contributed by atoms with E-state index in [4.69, 9.17) is 4.74 Å². The van der Waals surface area contributed by atoms with E-state index in [1.54, 1.807) is 17.0 Å². The number of rotatable bonds is 2. The van der Waals surface area contributed by atoms with Crippen molar-refractivity contribution in [2.24, 2.45) is 0 Å². The van der Waals surface area contributed by atoms with Crippen LogP contribution >= 0.6 is 0 Å². The van der Waals surface area contributed by atoms with Crippen LogP contribution in [0.5, 0.6) is 0 Å². The van der Waals surface area contributed by atoms with Gasteiger partial charge in [-0.25, -0.2) is 14.2 Å². The van der Waals surface area contributed by atoms with Crippen LogP contribution in [0.25, 0.3) is 0 Å². The molecule has 1 fully saturated rings. The van der Waals surface area contributed by atoms with Gasteiger partial charge in [0.1, 0.15) is 11.4 Å². The lowest BCUT2D eigenvalue weighted by molar-refractivity contribution is 0.0139. The molecule has 0 bridgehead atoms. The van der Waals surface area contributed by atoms with Crippen LogP contribution in [0.3, 0.4) is 0 Å². The molecule has 6 heteroatoms. The molecule has 1 aliphatic rings. The SMILES string of the molecule is CN(c1ccc(F)cc1)N1CCN(C(=O)OC(C)(C)C)CC1. The van der Waals surface area contributed by atoms with Crippen molar-refractivity contribution < 1.29 is 13.9 Å². The zero-order valence-corrected chi connectivity index (χ0v) is 13.7. The Balaban J connectivity index is 1.89. The molecule has 1 aliphatic heterocycles. The van der Waals surface area contributed by atoms with Crippen molar-refractivity contribution in [3.63, 3.8) is 0 Å². The van der Waals surface area contributed by atoms with Gasteiger partial charge in [-0.15, -0.1) is 0 Å². The van der Waals surface area contributed by atoms with Gasteiger partial charge in [0.2, 0.25) is 0 Å². The van der Waals surface area contributed by atoms with Crippen LogP contribution in [0, 0.1) is 5.82 Å². The average Bonchev–Trinajstić information content (AvgIpc) is 2.46. The maximum atomic E-state index is 13.0. The first kappa shape index (κ1) is 16.5. The second-order valence-electron chi connectivity index (χ2n) is 6.42. The fourth-order valence-electron chi connectivity index (χ4n) is 2.33. The molecule has 122 valence electrons. The van der Waals surface area contributed by atoms with Gasteiger partial charge in [-0.05, 0) is 45.0 Å². The zero-order chi connectivity index (χ0) is 16.3. The molecule has 1 heterocycles. The molecular weight excluding hydrogens is 285 g/mol. The maximum Gasteiger partial charge on any atom is 0.410 e. The quantitative estimate of drug-likeness (QED) is 0.841. The van der Waals surface area contributed by atoms with Crippen LogP contribution in [0.1, 0.15) is 20.8 Å². The van der Waals surface area contributed by atoms with E-state index in [0.717, 1.165) is 5.69 Å². The second kappa shape index (κ2) is 6.52. The van der Waals surface area contributed by atoms with E-state index in [1.165, 1.54) is 12.1 Å². The van der Waals surface area contributed by atoms with Crippen molar-refractivity contribution in [1.82, 2.24) is 9.91 Å². The molecule has 2 rings (SSSR count). The lowest BCUT2D eigenvalue weighted by Gasteiger charge is -2.40. The van der Waals surface area contributed by atoms with Crippen LogP contribution in [0.2, 0.25) is 0 Å². The van der Waals surface area contributed by atoms with E-state index in [2.05, 4.69) is 5.01 Å². The molecule has 5 nitrogen and oxygen atoms in total. The van der Waals surface area contributed by atoms with Crippen molar-refractivity contribution in [2.45, 2.75) is 26.4 Å². The number of piperazine rings is 1. The minimum absolute atomic E-state index is 0.244. The zero-order valence-electron chi connectivity index (χ0n) is 13.7. The predicted molar refractivity (Wildman–Crippen MR) is 84.2 cm³/mol. The highest BCUT2D eigenvalue weighted by atomic mass is 19.1. The fourth-order valence-corrected chi connectivity index (χ4v) is 2.33. The van der Waals surface area contributed by atoms with Crippen molar-refractivity contribution in [1.29, 1.82) is 0 Å². The number of halogens is 1. The molecule has 0 aliphatic carbocycles. The number of ether oxygens (including phenoxy) is 1. The fraction of sp³-hybridized carbons (Fsp3) is 0.562. The number of hydrazine groups is 1. The summed E-state index contributed by atoms with van der Waals surface area (Å²) in [6.45, 7) is 8.25. The van der Waals surface area contributed by atoms with E-state index < -0.39 is 5.60 Å². The molecule has 0 atom stereocenters. The Labute approximate surface area is 131 Å². The summed E-state index contributed by atoms with van der Waals surface area (Å²) in [5, 5.41) is 4.12. The van der Waals surface area contributed by atoms with E-state index in [-0.39, 0.29) is 11.9 Å². The minimum atomic E-state index is -0.473. The molecule has 0 aromatic heterocycles. The molecule has 22 heavy (non-hydrogen) atoms. The summed E-state index contributed by atoms with van der Waals surface area (Å²) >= 11 is 0. The van der Waals surface area contributed by atoms with Crippen LogP contribution in [-0.4, -0.2) is 54.8 Å². The lowest BCUT2D eigenvalue weighted by atomic mass is 10.2. The topological polar surface area (TPSA) is 36.0 Å². The molecule has 1 saturated heterocycles. The van der Waals surface area contributed by atoms with Crippen LogP contribution in [0.4, 0.5) is 14.9 Å². The Bertz CT molecular complexity index is 505. The van der Waals surface area contributed by atoms with Crippen LogP contribution in [0.15, 0.2) is 24.3 Å². The summed E-state index contributed by atoms with van der Waals surface area (Å²) in [4.78, 5) is 13.8. The normalized spacial score (nSPS) is 16.5. The number of carbonyl (C=O) groups excluding carboxylic acids is 1. The Morgan fingerprint density at radius 2 is 1.68 bits per heavy atom. The van der Waals surface area contributed by atoms with Gasteiger partial charge >= 0.3 is 6.09 Å². The third-order valence-corrected chi connectivity index (χ3v) is 3.53. The number of carbonyl (C=O) groups is 1. The molecule has 0 unspecified atom stereocenters. The Morgan fingerprint density at radius 1 is 1.14 bits per heavy atom. The van der Waals surface area contributed by atoms with Gasteiger partial charge in [0.05, 0.1) is 5.69 Å². The van der Waals surface area contributed by atoms with Crippen LogP contribution in [-0.2, 0) is 4.74 Å². The minimum Gasteiger partial charge on any atom is -0.444 e. The summed E-state index contributed by atoms with van der Waals surface area (Å²) in [5.41, 5.74) is 0.450. The molecule has 0 spiro atoms. The number of anilines is 1. The van der Waals surface area contributed by atoms with E-state index >= 15 is 0 Å². The third kappa shape index (κ3) is 4.34.